The van der Waals surface area contributed by atoms with Crippen LogP contribution in [0.5, 0.6) is 0 Å². The number of sulfonamides is 1. The minimum atomic E-state index is -3.65. The summed E-state index contributed by atoms with van der Waals surface area (Å²) >= 11 is 0. The number of nitrogens with two attached hydrogens (primary N) is 1. The topological polar surface area (TPSA) is 92.4 Å². The molecule has 0 saturated heterocycles. The van der Waals surface area contributed by atoms with Gasteiger partial charge in [0, 0.05) is 6.54 Å². The Balaban J connectivity index is 1.66. The summed E-state index contributed by atoms with van der Waals surface area (Å²) in [6.07, 6.45) is 2.59. The SMILES string of the molecule is NS(=O)(=O)c1ccc(CCNC2(CO)CCc3ccccc32)cc1. The van der Waals surface area contributed by atoms with E-state index in [1.165, 1.54) is 23.3 Å². The van der Waals surface area contributed by atoms with E-state index in [1.807, 2.05) is 12.1 Å². The molecule has 0 heterocycles. The normalized spacial score (nSPS) is 20.1. The smallest absolute Gasteiger partial charge is 0.238 e. The van der Waals surface area contributed by atoms with Crippen molar-refractivity contribution >= 4 is 10.0 Å². The van der Waals surface area contributed by atoms with Crippen LogP contribution in [0, 0.1) is 0 Å². The summed E-state index contributed by atoms with van der Waals surface area (Å²) in [4.78, 5) is 0.121. The minimum absolute atomic E-state index is 0.0639. The van der Waals surface area contributed by atoms with E-state index in [0.717, 1.165) is 24.8 Å². The molecule has 0 radical (unpaired) electrons. The summed E-state index contributed by atoms with van der Waals surface area (Å²) in [5, 5.41) is 18.5. The van der Waals surface area contributed by atoms with Crippen molar-refractivity contribution in [2.24, 2.45) is 5.14 Å². The van der Waals surface area contributed by atoms with Gasteiger partial charge in [0.2, 0.25) is 10.0 Å². The van der Waals surface area contributed by atoms with E-state index in [4.69, 9.17) is 5.14 Å². The van der Waals surface area contributed by atoms with Gasteiger partial charge in [0.05, 0.1) is 17.0 Å². The summed E-state index contributed by atoms with van der Waals surface area (Å²) in [7, 11) is -3.65. The van der Waals surface area contributed by atoms with Crippen molar-refractivity contribution < 1.29 is 13.5 Å². The zero-order chi connectivity index (χ0) is 17.2. The number of aliphatic hydroxyl groups is 1. The second-order valence-corrected chi connectivity index (χ2v) is 7.82. The zero-order valence-corrected chi connectivity index (χ0v) is 14.2. The first-order valence-electron chi connectivity index (χ1n) is 8.01. The van der Waals surface area contributed by atoms with Gasteiger partial charge in [-0.05, 0) is 48.1 Å². The van der Waals surface area contributed by atoms with E-state index in [0.29, 0.717) is 6.54 Å². The molecule has 24 heavy (non-hydrogen) atoms. The number of fused-ring (bicyclic) bond motifs is 1. The lowest BCUT2D eigenvalue weighted by molar-refractivity contribution is 0.161. The number of hydrogen-bond acceptors (Lipinski definition) is 4. The lowest BCUT2D eigenvalue weighted by atomic mass is 9.92. The number of aryl methyl sites for hydroxylation is 1. The third-order valence-corrected chi connectivity index (χ3v) is 5.68. The Morgan fingerprint density at radius 2 is 1.83 bits per heavy atom. The van der Waals surface area contributed by atoms with E-state index in [2.05, 4.69) is 17.4 Å². The number of nitrogens with one attached hydrogen (secondary N) is 1. The van der Waals surface area contributed by atoms with Gasteiger partial charge in [0.1, 0.15) is 0 Å². The molecular formula is C18H22N2O3S. The van der Waals surface area contributed by atoms with Crippen LogP contribution in [0.4, 0.5) is 0 Å². The first-order chi connectivity index (χ1) is 11.4. The molecule has 0 saturated carbocycles. The second kappa shape index (κ2) is 6.64. The summed E-state index contributed by atoms with van der Waals surface area (Å²) in [5.41, 5.74) is 3.11. The van der Waals surface area contributed by atoms with E-state index in [1.54, 1.807) is 12.1 Å². The molecule has 4 N–H and O–H groups in total. The molecule has 128 valence electrons. The van der Waals surface area contributed by atoms with Gasteiger partial charge in [0.15, 0.2) is 0 Å². The fraction of sp³-hybridized carbons (Fsp3) is 0.333. The van der Waals surface area contributed by atoms with Crippen LogP contribution >= 0.6 is 0 Å². The first-order valence-corrected chi connectivity index (χ1v) is 9.55. The predicted molar refractivity (Wildman–Crippen MR) is 93.0 cm³/mol. The lowest BCUT2D eigenvalue weighted by Crippen LogP contribution is -2.44. The Bertz CT molecular complexity index is 818. The van der Waals surface area contributed by atoms with E-state index < -0.39 is 10.0 Å². The molecule has 0 aromatic heterocycles. The highest BCUT2D eigenvalue weighted by molar-refractivity contribution is 7.89. The quantitative estimate of drug-likeness (QED) is 0.735. The van der Waals surface area contributed by atoms with Crippen LogP contribution in [-0.4, -0.2) is 26.7 Å². The van der Waals surface area contributed by atoms with Crippen molar-refractivity contribution in [2.75, 3.05) is 13.2 Å². The molecule has 1 aliphatic carbocycles. The number of hydrogen-bond donors (Lipinski definition) is 3. The van der Waals surface area contributed by atoms with Gasteiger partial charge in [0.25, 0.3) is 0 Å². The van der Waals surface area contributed by atoms with Crippen molar-refractivity contribution in [2.45, 2.75) is 29.7 Å². The molecule has 1 aliphatic rings. The van der Waals surface area contributed by atoms with Gasteiger partial charge >= 0.3 is 0 Å². The molecule has 0 amide bonds. The van der Waals surface area contributed by atoms with Crippen LogP contribution < -0.4 is 10.5 Å². The van der Waals surface area contributed by atoms with Crippen molar-refractivity contribution in [3.8, 4) is 0 Å². The van der Waals surface area contributed by atoms with Crippen LogP contribution in [0.25, 0.3) is 0 Å². The van der Waals surface area contributed by atoms with Gasteiger partial charge in [-0.15, -0.1) is 0 Å². The molecule has 3 rings (SSSR count). The maximum Gasteiger partial charge on any atom is 0.238 e. The molecule has 1 atom stereocenters. The minimum Gasteiger partial charge on any atom is -0.394 e. The largest absolute Gasteiger partial charge is 0.394 e. The van der Waals surface area contributed by atoms with E-state index >= 15 is 0 Å². The molecule has 0 spiro atoms. The molecule has 5 nitrogen and oxygen atoms in total. The van der Waals surface area contributed by atoms with Crippen LogP contribution in [0.3, 0.4) is 0 Å². The third-order valence-electron chi connectivity index (χ3n) is 4.75. The fourth-order valence-electron chi connectivity index (χ4n) is 3.38. The average Bonchev–Trinajstić information content (AvgIpc) is 2.94. The highest BCUT2D eigenvalue weighted by atomic mass is 32.2. The highest BCUT2D eigenvalue weighted by Crippen LogP contribution is 2.36. The van der Waals surface area contributed by atoms with Gasteiger partial charge in [-0.3, -0.25) is 0 Å². The molecule has 2 aromatic rings. The Morgan fingerprint density at radius 1 is 1.12 bits per heavy atom. The monoisotopic (exact) mass is 346 g/mol. The van der Waals surface area contributed by atoms with Crippen molar-refractivity contribution in [3.05, 3.63) is 65.2 Å². The molecule has 0 fully saturated rings. The van der Waals surface area contributed by atoms with Crippen LogP contribution in [0.15, 0.2) is 53.4 Å². The lowest BCUT2D eigenvalue weighted by Gasteiger charge is -2.30. The van der Waals surface area contributed by atoms with Gasteiger partial charge in [-0.1, -0.05) is 36.4 Å². The Kier molecular flexibility index (Phi) is 4.73. The Hall–Kier alpha value is -1.73. The summed E-state index contributed by atoms with van der Waals surface area (Å²) in [5.74, 6) is 0. The third kappa shape index (κ3) is 3.37. The van der Waals surface area contributed by atoms with Crippen LogP contribution in [-0.2, 0) is 28.4 Å². The first kappa shape index (κ1) is 17.1. The average molecular weight is 346 g/mol. The van der Waals surface area contributed by atoms with Crippen LogP contribution in [0.1, 0.15) is 23.1 Å². The van der Waals surface area contributed by atoms with Gasteiger partial charge in [-0.2, -0.15) is 0 Å². The summed E-state index contributed by atoms with van der Waals surface area (Å²) in [6.45, 7) is 0.762. The molecule has 2 aromatic carbocycles. The van der Waals surface area contributed by atoms with Crippen molar-refractivity contribution in [1.29, 1.82) is 0 Å². The number of benzene rings is 2. The summed E-state index contributed by atoms with van der Waals surface area (Å²) < 4.78 is 22.5. The predicted octanol–water partition coefficient (Wildman–Crippen LogP) is 1.30. The number of primary sulfonamides is 1. The van der Waals surface area contributed by atoms with Gasteiger partial charge < -0.3 is 10.4 Å². The Labute approximate surface area is 142 Å². The molecular weight excluding hydrogens is 324 g/mol. The number of aliphatic hydroxyl groups excluding tert-OH is 1. The van der Waals surface area contributed by atoms with Crippen molar-refractivity contribution in [1.82, 2.24) is 5.32 Å². The molecule has 0 aliphatic heterocycles. The fourth-order valence-corrected chi connectivity index (χ4v) is 3.90. The molecule has 1 unspecified atom stereocenters. The Morgan fingerprint density at radius 3 is 2.50 bits per heavy atom. The van der Waals surface area contributed by atoms with Crippen molar-refractivity contribution in [3.63, 3.8) is 0 Å². The van der Waals surface area contributed by atoms with E-state index in [-0.39, 0.29) is 17.0 Å². The highest BCUT2D eigenvalue weighted by Gasteiger charge is 2.37. The maximum absolute atomic E-state index is 11.3. The molecule has 0 bridgehead atoms. The number of rotatable bonds is 6. The maximum atomic E-state index is 11.3. The molecule has 6 heteroatoms. The second-order valence-electron chi connectivity index (χ2n) is 6.26. The summed E-state index contributed by atoms with van der Waals surface area (Å²) in [6, 6.07) is 14.8. The van der Waals surface area contributed by atoms with Gasteiger partial charge in [-0.25, -0.2) is 13.6 Å². The van der Waals surface area contributed by atoms with Crippen LogP contribution in [0.2, 0.25) is 0 Å². The zero-order valence-electron chi connectivity index (χ0n) is 13.4. The standard InChI is InChI=1S/C18H22N2O3S/c19-24(22,23)16-7-5-14(6-8-16)10-12-20-18(13-21)11-9-15-3-1-2-4-17(15)18/h1-8,20-21H,9-13H2,(H2,19,22,23). The van der Waals surface area contributed by atoms with E-state index in [9.17, 15) is 13.5 Å².